The lowest BCUT2D eigenvalue weighted by Crippen LogP contribution is -2.25. The fourth-order valence-electron chi connectivity index (χ4n) is 1.22. The van der Waals surface area contributed by atoms with Crippen LogP contribution >= 0.6 is 0 Å². The van der Waals surface area contributed by atoms with Crippen LogP contribution in [0.15, 0.2) is 6.07 Å². The van der Waals surface area contributed by atoms with Gasteiger partial charge in [0.1, 0.15) is 6.10 Å². The van der Waals surface area contributed by atoms with Crippen LogP contribution < -0.4 is 9.47 Å². The first-order valence-electron chi connectivity index (χ1n) is 4.56. The molecule has 1 saturated carbocycles. The van der Waals surface area contributed by atoms with Gasteiger partial charge in [-0.2, -0.15) is 9.97 Å². The second kappa shape index (κ2) is 3.69. The zero-order chi connectivity index (χ0) is 9.97. The van der Waals surface area contributed by atoms with Crippen molar-refractivity contribution in [2.45, 2.75) is 25.4 Å². The number of nitrogens with zero attached hydrogens (tertiary/aromatic N) is 2. The van der Waals surface area contributed by atoms with Crippen molar-refractivity contribution in [1.82, 2.24) is 9.97 Å². The summed E-state index contributed by atoms with van der Waals surface area (Å²) in [4.78, 5) is 7.39. The first kappa shape index (κ1) is 9.05. The number of ether oxygens (including phenoxy) is 2. The van der Waals surface area contributed by atoms with Crippen LogP contribution in [0.5, 0.6) is 17.8 Å². The molecule has 76 valence electrons. The molecule has 0 aromatic carbocycles. The lowest BCUT2D eigenvalue weighted by molar-refractivity contribution is 0.113. The van der Waals surface area contributed by atoms with Crippen molar-refractivity contribution in [1.29, 1.82) is 0 Å². The quantitative estimate of drug-likeness (QED) is 0.784. The van der Waals surface area contributed by atoms with E-state index in [0.717, 1.165) is 12.8 Å². The molecule has 14 heavy (non-hydrogen) atoms. The number of hydrogen-bond donors (Lipinski definition) is 1. The first-order chi connectivity index (χ1) is 6.78. The Labute approximate surface area is 81.7 Å². The average Bonchev–Trinajstić information content (AvgIpc) is 2.10. The molecule has 0 spiro atoms. The smallest absolute Gasteiger partial charge is 0.320 e. The Morgan fingerprint density at radius 3 is 2.64 bits per heavy atom. The Balaban J connectivity index is 2.11. The Kier molecular flexibility index (Phi) is 2.39. The average molecular weight is 196 g/mol. The van der Waals surface area contributed by atoms with Crippen LogP contribution in [-0.4, -0.2) is 28.3 Å². The number of methoxy groups -OCH3 is 1. The van der Waals surface area contributed by atoms with Crippen molar-refractivity contribution in [2.75, 3.05) is 7.11 Å². The molecule has 0 atom stereocenters. The molecule has 1 heterocycles. The fraction of sp³-hybridized carbons (Fsp3) is 0.556. The van der Waals surface area contributed by atoms with Gasteiger partial charge in [-0.1, -0.05) is 0 Å². The Morgan fingerprint density at radius 1 is 1.36 bits per heavy atom. The molecule has 0 unspecified atom stereocenters. The minimum atomic E-state index is -0.321. The highest BCUT2D eigenvalue weighted by Crippen LogP contribution is 2.26. The molecule has 1 aliphatic rings. The molecule has 0 bridgehead atoms. The van der Waals surface area contributed by atoms with Gasteiger partial charge in [-0.25, -0.2) is 0 Å². The standard InChI is InChI=1S/C9H12N2O3/c1-13-7-5-8(11-9(12)10-7)14-6-3-2-4-6/h5-6H,2-4H2,1H3,(H,10,11,12). The van der Waals surface area contributed by atoms with Gasteiger partial charge in [-0.3, -0.25) is 0 Å². The summed E-state index contributed by atoms with van der Waals surface area (Å²) in [7, 11) is 1.48. The number of rotatable bonds is 3. The summed E-state index contributed by atoms with van der Waals surface area (Å²) in [5.41, 5.74) is 0. The van der Waals surface area contributed by atoms with E-state index in [1.807, 2.05) is 0 Å². The molecule has 1 N–H and O–H groups in total. The number of hydrogen-bond acceptors (Lipinski definition) is 5. The topological polar surface area (TPSA) is 64.5 Å². The highest BCUT2D eigenvalue weighted by Gasteiger charge is 2.20. The van der Waals surface area contributed by atoms with E-state index in [4.69, 9.17) is 14.6 Å². The van der Waals surface area contributed by atoms with Crippen LogP contribution in [0, 0.1) is 0 Å². The van der Waals surface area contributed by atoms with Gasteiger partial charge >= 0.3 is 6.01 Å². The molecule has 1 aromatic heterocycles. The van der Waals surface area contributed by atoms with Crippen molar-refractivity contribution in [2.24, 2.45) is 0 Å². The van der Waals surface area contributed by atoms with E-state index >= 15 is 0 Å². The first-order valence-corrected chi connectivity index (χ1v) is 4.56. The van der Waals surface area contributed by atoms with Crippen LogP contribution in [-0.2, 0) is 0 Å². The summed E-state index contributed by atoms with van der Waals surface area (Å²) in [6.07, 6.45) is 3.52. The van der Waals surface area contributed by atoms with Crippen LogP contribution in [0.4, 0.5) is 0 Å². The van der Waals surface area contributed by atoms with Gasteiger partial charge in [0.15, 0.2) is 0 Å². The molecule has 1 aromatic rings. The zero-order valence-electron chi connectivity index (χ0n) is 7.93. The second-order valence-corrected chi connectivity index (χ2v) is 3.22. The lowest BCUT2D eigenvalue weighted by atomic mass is 9.96. The summed E-state index contributed by atoms with van der Waals surface area (Å²) in [5, 5.41) is 9.15. The van der Waals surface area contributed by atoms with Crippen molar-refractivity contribution in [3.8, 4) is 17.8 Å². The van der Waals surface area contributed by atoms with E-state index in [1.165, 1.54) is 13.5 Å². The van der Waals surface area contributed by atoms with Crippen LogP contribution in [0.25, 0.3) is 0 Å². The van der Waals surface area contributed by atoms with Gasteiger partial charge in [0.2, 0.25) is 11.8 Å². The van der Waals surface area contributed by atoms with E-state index < -0.39 is 0 Å². The highest BCUT2D eigenvalue weighted by molar-refractivity contribution is 5.22. The normalized spacial score (nSPS) is 16.1. The maximum Gasteiger partial charge on any atom is 0.320 e. The van der Waals surface area contributed by atoms with Crippen LogP contribution in [0.2, 0.25) is 0 Å². The van der Waals surface area contributed by atoms with Gasteiger partial charge in [0, 0.05) is 0 Å². The Morgan fingerprint density at radius 2 is 2.07 bits per heavy atom. The van der Waals surface area contributed by atoms with Gasteiger partial charge in [-0.05, 0) is 19.3 Å². The van der Waals surface area contributed by atoms with Gasteiger partial charge in [0.25, 0.3) is 0 Å². The Bertz CT molecular complexity index is 326. The second-order valence-electron chi connectivity index (χ2n) is 3.22. The lowest BCUT2D eigenvalue weighted by Gasteiger charge is -2.25. The molecule has 0 radical (unpaired) electrons. The van der Waals surface area contributed by atoms with Crippen molar-refractivity contribution in [3.05, 3.63) is 6.07 Å². The molecular formula is C9H12N2O3. The zero-order valence-corrected chi connectivity index (χ0v) is 7.93. The summed E-state index contributed by atoms with van der Waals surface area (Å²) in [5.74, 6) is 0.686. The van der Waals surface area contributed by atoms with E-state index in [2.05, 4.69) is 9.97 Å². The molecule has 0 aliphatic heterocycles. The van der Waals surface area contributed by atoms with Crippen LogP contribution in [0.1, 0.15) is 19.3 Å². The number of aromatic nitrogens is 2. The van der Waals surface area contributed by atoms with Crippen molar-refractivity contribution < 1.29 is 14.6 Å². The summed E-state index contributed by atoms with van der Waals surface area (Å²) in [6.45, 7) is 0. The predicted octanol–water partition coefficient (Wildman–Crippen LogP) is 1.12. The largest absolute Gasteiger partial charge is 0.481 e. The van der Waals surface area contributed by atoms with E-state index in [-0.39, 0.29) is 12.1 Å². The van der Waals surface area contributed by atoms with E-state index in [1.54, 1.807) is 6.07 Å². The highest BCUT2D eigenvalue weighted by atomic mass is 16.5. The maximum atomic E-state index is 9.15. The van der Waals surface area contributed by atoms with E-state index in [0.29, 0.717) is 11.8 Å². The Hall–Kier alpha value is -1.52. The summed E-state index contributed by atoms with van der Waals surface area (Å²) >= 11 is 0. The molecule has 1 fully saturated rings. The van der Waals surface area contributed by atoms with Gasteiger partial charge < -0.3 is 14.6 Å². The number of aromatic hydroxyl groups is 1. The summed E-state index contributed by atoms with van der Waals surface area (Å²) in [6, 6.07) is 1.25. The SMILES string of the molecule is COc1cc(OC2CCC2)nc(O)n1. The molecule has 5 heteroatoms. The third-order valence-electron chi connectivity index (χ3n) is 2.22. The minimum absolute atomic E-state index is 0.231. The maximum absolute atomic E-state index is 9.15. The van der Waals surface area contributed by atoms with E-state index in [9.17, 15) is 0 Å². The molecule has 5 nitrogen and oxygen atoms in total. The summed E-state index contributed by atoms with van der Waals surface area (Å²) < 4.78 is 10.4. The minimum Gasteiger partial charge on any atom is -0.481 e. The molecule has 1 aliphatic carbocycles. The predicted molar refractivity (Wildman–Crippen MR) is 48.5 cm³/mol. The van der Waals surface area contributed by atoms with Gasteiger partial charge in [-0.15, -0.1) is 0 Å². The molecule has 2 rings (SSSR count). The van der Waals surface area contributed by atoms with Crippen molar-refractivity contribution >= 4 is 0 Å². The molecular weight excluding hydrogens is 184 g/mol. The molecule has 0 amide bonds. The van der Waals surface area contributed by atoms with Gasteiger partial charge in [0.05, 0.1) is 13.2 Å². The monoisotopic (exact) mass is 196 g/mol. The van der Waals surface area contributed by atoms with Crippen molar-refractivity contribution in [3.63, 3.8) is 0 Å². The fourth-order valence-corrected chi connectivity index (χ4v) is 1.22. The third kappa shape index (κ3) is 1.86. The third-order valence-corrected chi connectivity index (χ3v) is 2.22. The van der Waals surface area contributed by atoms with Crippen LogP contribution in [0.3, 0.4) is 0 Å². The molecule has 0 saturated heterocycles.